The third-order valence-electron chi connectivity index (χ3n) is 3.64. The van der Waals surface area contributed by atoms with Crippen molar-refractivity contribution in [2.75, 3.05) is 18.5 Å². The fourth-order valence-corrected chi connectivity index (χ4v) is 2.19. The first-order valence-corrected chi connectivity index (χ1v) is 7.62. The summed E-state index contributed by atoms with van der Waals surface area (Å²) in [5.74, 6) is -1.13. The first-order valence-electron chi connectivity index (χ1n) is 7.62. The lowest BCUT2D eigenvalue weighted by atomic mass is 10.1. The fourth-order valence-electron chi connectivity index (χ4n) is 2.19. The maximum absolute atomic E-state index is 14.1. The monoisotopic (exact) mass is 349 g/mol. The van der Waals surface area contributed by atoms with Crippen LogP contribution in [-0.2, 0) is 7.05 Å². The highest BCUT2D eigenvalue weighted by atomic mass is 19.1. The Labute approximate surface area is 143 Å². The van der Waals surface area contributed by atoms with Gasteiger partial charge in [-0.15, -0.1) is 0 Å². The van der Waals surface area contributed by atoms with E-state index in [2.05, 4.69) is 10.6 Å². The van der Waals surface area contributed by atoms with Crippen molar-refractivity contribution in [3.05, 3.63) is 57.8 Å². The zero-order chi connectivity index (χ0) is 18.6. The summed E-state index contributed by atoms with van der Waals surface area (Å²) in [5, 5.41) is 23.4. The highest BCUT2D eigenvalue weighted by molar-refractivity contribution is 6.00. The fraction of sp³-hybridized carbons (Fsp3) is 0.294. The first kappa shape index (κ1) is 18.6. The van der Waals surface area contributed by atoms with Crippen molar-refractivity contribution in [2.45, 2.75) is 13.0 Å². The SMILES string of the molecule is Cc1ccc(Nc2cc(=O)n(C)cc2C(=O)NC(CO)CO)c(F)c1. The predicted molar refractivity (Wildman–Crippen MR) is 91.5 cm³/mol. The summed E-state index contributed by atoms with van der Waals surface area (Å²) < 4.78 is 15.3. The quantitative estimate of drug-likeness (QED) is 0.613. The van der Waals surface area contributed by atoms with Gasteiger partial charge >= 0.3 is 0 Å². The molecule has 25 heavy (non-hydrogen) atoms. The van der Waals surface area contributed by atoms with Crippen LogP contribution in [-0.4, -0.2) is 39.9 Å². The number of anilines is 2. The van der Waals surface area contributed by atoms with Crippen LogP contribution in [0.1, 0.15) is 15.9 Å². The Kier molecular flexibility index (Phi) is 5.89. The number of benzene rings is 1. The van der Waals surface area contributed by atoms with Gasteiger partial charge in [0.2, 0.25) is 0 Å². The van der Waals surface area contributed by atoms with Crippen LogP contribution in [0.4, 0.5) is 15.8 Å². The molecule has 0 radical (unpaired) electrons. The number of aliphatic hydroxyl groups is 2. The summed E-state index contributed by atoms with van der Waals surface area (Å²) in [4.78, 5) is 24.3. The highest BCUT2D eigenvalue weighted by Gasteiger charge is 2.18. The molecule has 0 unspecified atom stereocenters. The molecule has 1 amide bonds. The number of carbonyl (C=O) groups excluding carboxylic acids is 1. The van der Waals surface area contributed by atoms with Gasteiger partial charge in [0.05, 0.1) is 36.2 Å². The highest BCUT2D eigenvalue weighted by Crippen LogP contribution is 2.23. The molecule has 1 heterocycles. The molecule has 0 bridgehead atoms. The minimum Gasteiger partial charge on any atom is -0.394 e. The maximum Gasteiger partial charge on any atom is 0.255 e. The van der Waals surface area contributed by atoms with Crippen molar-refractivity contribution in [1.29, 1.82) is 0 Å². The van der Waals surface area contributed by atoms with Crippen LogP contribution in [0, 0.1) is 12.7 Å². The topological polar surface area (TPSA) is 104 Å². The molecule has 8 heteroatoms. The van der Waals surface area contributed by atoms with Gasteiger partial charge in [0.1, 0.15) is 5.82 Å². The minimum absolute atomic E-state index is 0.0778. The normalized spacial score (nSPS) is 10.8. The van der Waals surface area contributed by atoms with Crippen molar-refractivity contribution in [2.24, 2.45) is 7.05 Å². The van der Waals surface area contributed by atoms with Gasteiger partial charge < -0.3 is 25.4 Å². The summed E-state index contributed by atoms with van der Waals surface area (Å²) in [6.07, 6.45) is 1.30. The third-order valence-corrected chi connectivity index (χ3v) is 3.64. The number of pyridine rings is 1. The third kappa shape index (κ3) is 4.43. The molecule has 2 rings (SSSR count). The van der Waals surface area contributed by atoms with Gasteiger partial charge in [-0.2, -0.15) is 0 Å². The molecule has 1 aromatic heterocycles. The molecule has 0 aliphatic heterocycles. The average Bonchev–Trinajstić information content (AvgIpc) is 2.57. The van der Waals surface area contributed by atoms with E-state index in [1.165, 1.54) is 36.0 Å². The molecule has 0 aliphatic rings. The first-order chi connectivity index (χ1) is 11.8. The molecule has 0 atom stereocenters. The number of carbonyl (C=O) groups is 1. The summed E-state index contributed by atoms with van der Waals surface area (Å²) in [6, 6.07) is 4.87. The van der Waals surface area contributed by atoms with Crippen LogP contribution in [0.25, 0.3) is 0 Å². The predicted octanol–water partition coefficient (Wildman–Crippen LogP) is 0.659. The van der Waals surface area contributed by atoms with E-state index in [0.717, 1.165) is 5.56 Å². The molecule has 0 spiro atoms. The van der Waals surface area contributed by atoms with Gasteiger partial charge in [-0.05, 0) is 24.6 Å². The Morgan fingerprint density at radius 3 is 2.52 bits per heavy atom. The average molecular weight is 349 g/mol. The largest absolute Gasteiger partial charge is 0.394 e. The van der Waals surface area contributed by atoms with Crippen molar-refractivity contribution in [1.82, 2.24) is 9.88 Å². The van der Waals surface area contributed by atoms with Crippen LogP contribution in [0.2, 0.25) is 0 Å². The molecule has 0 saturated heterocycles. The lowest BCUT2D eigenvalue weighted by Gasteiger charge is -2.17. The smallest absolute Gasteiger partial charge is 0.255 e. The summed E-state index contributed by atoms with van der Waals surface area (Å²) >= 11 is 0. The number of amides is 1. The Morgan fingerprint density at radius 2 is 1.92 bits per heavy atom. The minimum atomic E-state index is -0.839. The van der Waals surface area contributed by atoms with Crippen LogP contribution in [0.5, 0.6) is 0 Å². The summed E-state index contributed by atoms with van der Waals surface area (Å²) in [7, 11) is 1.48. The van der Waals surface area contributed by atoms with E-state index in [9.17, 15) is 14.0 Å². The number of hydrogen-bond donors (Lipinski definition) is 4. The van der Waals surface area contributed by atoms with Gasteiger partial charge in [-0.3, -0.25) is 9.59 Å². The lowest BCUT2D eigenvalue weighted by Crippen LogP contribution is -2.40. The number of aryl methyl sites for hydroxylation is 2. The van der Waals surface area contributed by atoms with E-state index in [0.29, 0.717) is 0 Å². The Hall–Kier alpha value is -2.71. The van der Waals surface area contributed by atoms with Gasteiger partial charge in [0.15, 0.2) is 0 Å². The van der Waals surface area contributed by atoms with E-state index < -0.39 is 31.0 Å². The number of aromatic nitrogens is 1. The van der Waals surface area contributed by atoms with Gasteiger partial charge in [0.25, 0.3) is 11.5 Å². The number of rotatable bonds is 6. The van der Waals surface area contributed by atoms with Crippen molar-refractivity contribution in [3.63, 3.8) is 0 Å². The number of hydrogen-bond acceptors (Lipinski definition) is 5. The van der Waals surface area contributed by atoms with Gasteiger partial charge in [0, 0.05) is 19.3 Å². The van der Waals surface area contributed by atoms with Crippen molar-refractivity contribution < 1.29 is 19.4 Å². The molecule has 4 N–H and O–H groups in total. The number of nitrogens with one attached hydrogen (secondary N) is 2. The van der Waals surface area contributed by atoms with E-state index in [1.54, 1.807) is 13.0 Å². The lowest BCUT2D eigenvalue weighted by molar-refractivity contribution is 0.0879. The number of nitrogens with zero attached hydrogens (tertiary/aromatic N) is 1. The molecule has 0 fully saturated rings. The van der Waals surface area contributed by atoms with Gasteiger partial charge in [-0.1, -0.05) is 6.07 Å². The Bertz CT molecular complexity index is 831. The second-order valence-electron chi connectivity index (χ2n) is 5.69. The van der Waals surface area contributed by atoms with E-state index in [1.807, 2.05) is 0 Å². The van der Waals surface area contributed by atoms with Crippen LogP contribution < -0.4 is 16.2 Å². The van der Waals surface area contributed by atoms with Crippen molar-refractivity contribution >= 4 is 17.3 Å². The van der Waals surface area contributed by atoms with E-state index >= 15 is 0 Å². The van der Waals surface area contributed by atoms with Crippen LogP contribution in [0.15, 0.2) is 35.3 Å². The molecule has 0 aliphatic carbocycles. The summed E-state index contributed by atoms with van der Waals surface area (Å²) in [5.41, 5.74) is 0.673. The van der Waals surface area contributed by atoms with Crippen molar-refractivity contribution in [3.8, 4) is 0 Å². The Morgan fingerprint density at radius 1 is 1.24 bits per heavy atom. The number of aliphatic hydroxyl groups excluding tert-OH is 2. The second-order valence-corrected chi connectivity index (χ2v) is 5.69. The molecule has 7 nitrogen and oxygen atoms in total. The number of halogens is 1. The van der Waals surface area contributed by atoms with E-state index in [4.69, 9.17) is 10.2 Å². The second kappa shape index (κ2) is 7.91. The maximum atomic E-state index is 14.1. The molecule has 2 aromatic rings. The van der Waals surface area contributed by atoms with Crippen LogP contribution in [0.3, 0.4) is 0 Å². The zero-order valence-electron chi connectivity index (χ0n) is 13.9. The van der Waals surface area contributed by atoms with Gasteiger partial charge in [-0.25, -0.2) is 4.39 Å². The molecule has 1 aromatic carbocycles. The van der Waals surface area contributed by atoms with E-state index in [-0.39, 0.29) is 22.5 Å². The molecular weight excluding hydrogens is 329 g/mol. The molecule has 134 valence electrons. The molecule has 0 saturated carbocycles. The van der Waals surface area contributed by atoms with Crippen LogP contribution >= 0.6 is 0 Å². The Balaban J connectivity index is 2.41. The molecular formula is C17H20FN3O4. The summed E-state index contributed by atoms with van der Waals surface area (Å²) in [6.45, 7) is 0.862. The standard InChI is InChI=1S/C17H20FN3O4/c1-10-3-4-14(13(18)5-10)20-15-6-16(24)21(2)7-12(15)17(25)19-11(8-22)9-23/h3-7,11,20,22-23H,8-9H2,1-2H3,(H,19,25). The zero-order valence-corrected chi connectivity index (χ0v) is 13.9.